The molecule has 1 aromatic heterocycles. The minimum Gasteiger partial charge on any atom is -0.323 e. The third kappa shape index (κ3) is 5.29. The maximum absolute atomic E-state index is 13.6. The quantitative estimate of drug-likeness (QED) is 0.608. The van der Waals surface area contributed by atoms with Crippen molar-refractivity contribution in [1.82, 2.24) is 9.78 Å². The Balaban J connectivity index is 1.70. The van der Waals surface area contributed by atoms with Crippen LogP contribution in [0.4, 0.5) is 14.5 Å². The third-order valence-electron chi connectivity index (χ3n) is 4.13. The predicted molar refractivity (Wildman–Crippen MR) is 110 cm³/mol. The fourth-order valence-corrected chi connectivity index (χ4v) is 3.23. The zero-order chi connectivity index (χ0) is 21.0. The molecule has 0 saturated carbocycles. The minimum atomic E-state index is -0.721. The number of nitrogens with zero attached hydrogens (tertiary/aromatic N) is 2. The van der Waals surface area contributed by atoms with Crippen molar-refractivity contribution in [3.8, 4) is 5.69 Å². The maximum Gasteiger partial charge on any atom is 0.271 e. The number of amides is 1. The van der Waals surface area contributed by atoms with Crippen LogP contribution in [0.25, 0.3) is 5.69 Å². The van der Waals surface area contributed by atoms with Gasteiger partial charge in [0.15, 0.2) is 0 Å². The highest BCUT2D eigenvalue weighted by Gasteiger charge is 2.11. The second-order valence-corrected chi connectivity index (χ2v) is 7.62. The summed E-state index contributed by atoms with van der Waals surface area (Å²) in [6.07, 6.45) is 0. The first-order chi connectivity index (χ1) is 13.8. The van der Waals surface area contributed by atoms with Crippen LogP contribution >= 0.6 is 11.8 Å². The van der Waals surface area contributed by atoms with Crippen molar-refractivity contribution in [2.75, 3.05) is 11.1 Å². The molecule has 1 amide bonds. The number of anilines is 1. The molecule has 8 heteroatoms. The summed E-state index contributed by atoms with van der Waals surface area (Å²) >= 11 is 1.08. The van der Waals surface area contributed by atoms with Gasteiger partial charge in [0.25, 0.3) is 5.56 Å². The van der Waals surface area contributed by atoms with Gasteiger partial charge in [-0.1, -0.05) is 37.7 Å². The molecule has 5 nitrogen and oxygen atoms in total. The molecule has 0 spiro atoms. The van der Waals surface area contributed by atoms with Crippen molar-refractivity contribution in [3.05, 3.63) is 82.1 Å². The summed E-state index contributed by atoms with van der Waals surface area (Å²) in [5.41, 5.74) is 1.25. The van der Waals surface area contributed by atoms with Gasteiger partial charge < -0.3 is 5.32 Å². The lowest BCUT2D eigenvalue weighted by molar-refractivity contribution is -0.113. The molecule has 3 aromatic rings. The average molecular weight is 415 g/mol. The van der Waals surface area contributed by atoms with Gasteiger partial charge >= 0.3 is 0 Å². The molecule has 0 aliphatic rings. The number of hydrogen-bond acceptors (Lipinski definition) is 4. The standard InChI is InChI=1S/C21H19F2N3O2S/c1-13(2)14-3-6-16(7-4-14)26-21(28)10-9-20(25-26)29-12-19(27)24-18-11-15(22)5-8-17(18)23/h3-11,13H,12H2,1-2H3,(H,24,27). The number of hydrogen-bond donors (Lipinski definition) is 1. The van der Waals surface area contributed by atoms with E-state index in [4.69, 9.17) is 0 Å². The Morgan fingerprint density at radius 1 is 1.10 bits per heavy atom. The van der Waals surface area contributed by atoms with Gasteiger partial charge in [-0.05, 0) is 41.8 Å². The van der Waals surface area contributed by atoms with E-state index in [0.717, 1.165) is 35.5 Å². The smallest absolute Gasteiger partial charge is 0.271 e. The third-order valence-corrected chi connectivity index (χ3v) is 5.05. The number of thioether (sulfide) groups is 1. The van der Waals surface area contributed by atoms with E-state index in [-0.39, 0.29) is 17.0 Å². The second kappa shape index (κ2) is 9.00. The molecule has 0 aliphatic heterocycles. The molecule has 0 fully saturated rings. The zero-order valence-electron chi connectivity index (χ0n) is 15.9. The van der Waals surface area contributed by atoms with Crippen LogP contribution in [0.5, 0.6) is 0 Å². The SMILES string of the molecule is CC(C)c1ccc(-n2nc(SCC(=O)Nc3cc(F)ccc3F)ccc2=O)cc1. The van der Waals surface area contributed by atoms with E-state index in [1.165, 1.54) is 16.8 Å². The Morgan fingerprint density at radius 3 is 2.52 bits per heavy atom. The summed E-state index contributed by atoms with van der Waals surface area (Å²) in [6.45, 7) is 4.16. The van der Waals surface area contributed by atoms with E-state index in [1.54, 1.807) is 0 Å². The largest absolute Gasteiger partial charge is 0.323 e. The summed E-state index contributed by atoms with van der Waals surface area (Å²) in [6, 6.07) is 13.2. The topological polar surface area (TPSA) is 64.0 Å². The van der Waals surface area contributed by atoms with Gasteiger partial charge in [-0.3, -0.25) is 9.59 Å². The van der Waals surface area contributed by atoms with Gasteiger partial charge in [0.2, 0.25) is 5.91 Å². The van der Waals surface area contributed by atoms with Crippen molar-refractivity contribution in [3.63, 3.8) is 0 Å². The van der Waals surface area contributed by atoms with Gasteiger partial charge in [-0.25, -0.2) is 8.78 Å². The lowest BCUT2D eigenvalue weighted by atomic mass is 10.0. The minimum absolute atomic E-state index is 0.0759. The Bertz CT molecular complexity index is 1080. The number of nitrogens with one attached hydrogen (secondary N) is 1. The van der Waals surface area contributed by atoms with Crippen LogP contribution in [0.2, 0.25) is 0 Å². The van der Waals surface area contributed by atoms with Gasteiger partial charge in [-0.2, -0.15) is 9.78 Å². The lowest BCUT2D eigenvalue weighted by Crippen LogP contribution is -2.21. The van der Waals surface area contributed by atoms with Crippen LogP contribution in [0.15, 0.2) is 64.4 Å². The molecule has 0 aliphatic carbocycles. The van der Waals surface area contributed by atoms with Crippen LogP contribution in [-0.4, -0.2) is 21.4 Å². The van der Waals surface area contributed by atoms with Gasteiger partial charge in [-0.15, -0.1) is 0 Å². The molecular formula is C21H19F2N3O2S. The van der Waals surface area contributed by atoms with Crippen LogP contribution < -0.4 is 10.9 Å². The van der Waals surface area contributed by atoms with E-state index in [1.807, 2.05) is 24.3 Å². The normalized spacial score (nSPS) is 10.9. The number of rotatable bonds is 6. The number of carbonyl (C=O) groups is 1. The molecule has 0 saturated heterocycles. The number of halogens is 2. The first-order valence-electron chi connectivity index (χ1n) is 8.92. The highest BCUT2D eigenvalue weighted by atomic mass is 32.2. The van der Waals surface area contributed by atoms with Crippen LogP contribution in [0, 0.1) is 11.6 Å². The fraction of sp³-hybridized carbons (Fsp3) is 0.190. The van der Waals surface area contributed by atoms with Gasteiger partial charge in [0.05, 0.1) is 17.1 Å². The van der Waals surface area contributed by atoms with Crippen molar-refractivity contribution < 1.29 is 13.6 Å². The number of carbonyl (C=O) groups excluding carboxylic acids is 1. The Morgan fingerprint density at radius 2 is 1.83 bits per heavy atom. The molecular weight excluding hydrogens is 396 g/mol. The van der Waals surface area contributed by atoms with E-state index in [2.05, 4.69) is 24.3 Å². The molecule has 150 valence electrons. The second-order valence-electron chi connectivity index (χ2n) is 6.63. The lowest BCUT2D eigenvalue weighted by Gasteiger charge is -2.10. The Hall–Kier alpha value is -3.00. The zero-order valence-corrected chi connectivity index (χ0v) is 16.7. The van der Waals surface area contributed by atoms with Crippen molar-refractivity contribution in [1.29, 1.82) is 0 Å². The Kier molecular flexibility index (Phi) is 6.43. The van der Waals surface area contributed by atoms with Crippen LogP contribution in [0.1, 0.15) is 25.3 Å². The fourth-order valence-electron chi connectivity index (χ4n) is 2.58. The first-order valence-corrected chi connectivity index (χ1v) is 9.90. The highest BCUT2D eigenvalue weighted by Crippen LogP contribution is 2.19. The summed E-state index contributed by atoms with van der Waals surface area (Å²) in [5.74, 6) is -1.58. The number of aromatic nitrogens is 2. The van der Waals surface area contributed by atoms with Crippen molar-refractivity contribution in [2.24, 2.45) is 0 Å². The van der Waals surface area contributed by atoms with Crippen molar-refractivity contribution >= 4 is 23.4 Å². The highest BCUT2D eigenvalue weighted by molar-refractivity contribution is 7.99. The summed E-state index contributed by atoms with van der Waals surface area (Å²) in [7, 11) is 0. The van der Waals surface area contributed by atoms with E-state index < -0.39 is 17.5 Å². The summed E-state index contributed by atoms with van der Waals surface area (Å²) < 4.78 is 28.1. The van der Waals surface area contributed by atoms with Crippen LogP contribution in [-0.2, 0) is 4.79 Å². The summed E-state index contributed by atoms with van der Waals surface area (Å²) in [5, 5.41) is 7.06. The molecule has 3 rings (SSSR count). The molecule has 1 heterocycles. The predicted octanol–water partition coefficient (Wildman–Crippen LogP) is 4.36. The average Bonchev–Trinajstić information content (AvgIpc) is 2.70. The molecule has 0 radical (unpaired) electrons. The molecule has 29 heavy (non-hydrogen) atoms. The van der Waals surface area contributed by atoms with Gasteiger partial charge in [0.1, 0.15) is 16.7 Å². The molecule has 1 N–H and O–H groups in total. The Labute approximate surface area is 170 Å². The maximum atomic E-state index is 13.6. The van der Waals surface area contributed by atoms with E-state index in [0.29, 0.717) is 16.6 Å². The number of benzene rings is 2. The van der Waals surface area contributed by atoms with E-state index >= 15 is 0 Å². The summed E-state index contributed by atoms with van der Waals surface area (Å²) in [4.78, 5) is 24.2. The molecule has 0 bridgehead atoms. The monoisotopic (exact) mass is 415 g/mol. The molecule has 0 atom stereocenters. The molecule has 2 aromatic carbocycles. The van der Waals surface area contributed by atoms with Gasteiger partial charge in [0, 0.05) is 12.1 Å². The first kappa shape index (κ1) is 20.7. The molecule has 0 unspecified atom stereocenters. The van der Waals surface area contributed by atoms with Crippen LogP contribution in [0.3, 0.4) is 0 Å². The van der Waals surface area contributed by atoms with E-state index in [9.17, 15) is 18.4 Å². The van der Waals surface area contributed by atoms with Crippen molar-refractivity contribution in [2.45, 2.75) is 24.8 Å².